The van der Waals surface area contributed by atoms with Crippen molar-refractivity contribution in [2.45, 2.75) is 39.0 Å². The van der Waals surface area contributed by atoms with Crippen molar-refractivity contribution in [3.05, 3.63) is 53.2 Å². The Balaban J connectivity index is 2.25. The summed E-state index contributed by atoms with van der Waals surface area (Å²) in [7, 11) is 3.78. The zero-order valence-electron chi connectivity index (χ0n) is 19.3. The number of benzene rings is 1. The molecule has 0 fully saturated rings. The standard InChI is InChI=1S/C24H28F3N3O3/c1-6-32-23(31)19-15(3)29-18-11-12-28-22(33-14(2)13-30(4)5)21(18)20(19)16-9-7-8-10-17(16)24(25,26)27/h7-12,14,19-20H,6,13H2,1-5H3. The number of aliphatic imine (C=N–C) groups is 1. The van der Waals surface area contributed by atoms with Gasteiger partial charge in [0.25, 0.3) is 0 Å². The van der Waals surface area contributed by atoms with Gasteiger partial charge in [0.15, 0.2) is 0 Å². The van der Waals surface area contributed by atoms with E-state index in [9.17, 15) is 18.0 Å². The zero-order valence-corrected chi connectivity index (χ0v) is 19.3. The molecule has 0 aliphatic carbocycles. The summed E-state index contributed by atoms with van der Waals surface area (Å²) >= 11 is 0. The molecule has 0 saturated heterocycles. The van der Waals surface area contributed by atoms with Crippen molar-refractivity contribution in [1.82, 2.24) is 9.88 Å². The van der Waals surface area contributed by atoms with E-state index in [-0.39, 0.29) is 24.2 Å². The Kier molecular flexibility index (Phi) is 7.41. The maximum atomic E-state index is 14.0. The van der Waals surface area contributed by atoms with Gasteiger partial charge < -0.3 is 14.4 Å². The van der Waals surface area contributed by atoms with Crippen LogP contribution in [0.2, 0.25) is 0 Å². The molecule has 1 aliphatic heterocycles. The van der Waals surface area contributed by atoms with Crippen LogP contribution in [0.4, 0.5) is 18.9 Å². The molecule has 0 spiro atoms. The number of halogens is 3. The Labute approximate surface area is 191 Å². The van der Waals surface area contributed by atoms with E-state index < -0.39 is 29.5 Å². The van der Waals surface area contributed by atoms with Crippen molar-refractivity contribution in [3.63, 3.8) is 0 Å². The molecule has 1 aromatic carbocycles. The zero-order chi connectivity index (χ0) is 24.3. The molecule has 0 bridgehead atoms. The molecule has 1 aliphatic rings. The first kappa shape index (κ1) is 24.7. The van der Waals surface area contributed by atoms with Gasteiger partial charge in [0.1, 0.15) is 12.0 Å². The van der Waals surface area contributed by atoms with Crippen LogP contribution in [0.1, 0.15) is 43.4 Å². The van der Waals surface area contributed by atoms with E-state index in [4.69, 9.17) is 9.47 Å². The SMILES string of the molecule is CCOC(=O)C1C(C)=Nc2ccnc(OC(C)CN(C)C)c2C1c1ccccc1C(F)(F)F. The van der Waals surface area contributed by atoms with Crippen molar-refractivity contribution in [2.75, 3.05) is 27.2 Å². The normalized spacial score (nSPS) is 19.0. The Bertz CT molecular complexity index is 1040. The van der Waals surface area contributed by atoms with Gasteiger partial charge in [-0.15, -0.1) is 0 Å². The average Bonchev–Trinajstić information content (AvgIpc) is 2.71. The van der Waals surface area contributed by atoms with Gasteiger partial charge >= 0.3 is 12.1 Å². The molecule has 3 unspecified atom stereocenters. The van der Waals surface area contributed by atoms with E-state index in [1.165, 1.54) is 24.4 Å². The van der Waals surface area contributed by atoms with Crippen LogP contribution in [-0.2, 0) is 15.7 Å². The van der Waals surface area contributed by atoms with Crippen molar-refractivity contribution in [3.8, 4) is 5.88 Å². The summed E-state index contributed by atoms with van der Waals surface area (Å²) in [6.45, 7) is 5.79. The summed E-state index contributed by atoms with van der Waals surface area (Å²) in [6, 6.07) is 6.88. The second-order valence-corrected chi connectivity index (χ2v) is 8.29. The number of ether oxygens (including phenoxy) is 2. The highest BCUT2D eigenvalue weighted by molar-refractivity contribution is 6.05. The largest absolute Gasteiger partial charge is 0.473 e. The Morgan fingerprint density at radius 1 is 1.21 bits per heavy atom. The molecular weight excluding hydrogens is 435 g/mol. The third-order valence-corrected chi connectivity index (χ3v) is 5.40. The van der Waals surface area contributed by atoms with E-state index in [1.54, 1.807) is 19.9 Å². The minimum Gasteiger partial charge on any atom is -0.473 e. The van der Waals surface area contributed by atoms with Crippen molar-refractivity contribution < 1.29 is 27.4 Å². The lowest BCUT2D eigenvalue weighted by Crippen LogP contribution is -2.35. The molecule has 3 rings (SSSR count). The van der Waals surface area contributed by atoms with Gasteiger partial charge in [-0.2, -0.15) is 13.2 Å². The average molecular weight is 464 g/mol. The first-order valence-corrected chi connectivity index (χ1v) is 10.7. The monoisotopic (exact) mass is 463 g/mol. The molecule has 3 atom stereocenters. The summed E-state index contributed by atoms with van der Waals surface area (Å²) in [6.07, 6.45) is -3.41. The van der Waals surface area contributed by atoms with Crippen LogP contribution in [0.5, 0.6) is 5.88 Å². The quantitative estimate of drug-likeness (QED) is 0.550. The molecule has 0 amide bonds. The first-order valence-electron chi connectivity index (χ1n) is 10.7. The highest BCUT2D eigenvalue weighted by atomic mass is 19.4. The highest BCUT2D eigenvalue weighted by Gasteiger charge is 2.45. The van der Waals surface area contributed by atoms with Crippen LogP contribution >= 0.6 is 0 Å². The minimum absolute atomic E-state index is 0.0448. The van der Waals surface area contributed by atoms with Gasteiger partial charge in [0, 0.05) is 29.9 Å². The number of aromatic nitrogens is 1. The molecule has 9 heteroatoms. The first-order chi connectivity index (χ1) is 15.5. The Morgan fingerprint density at radius 2 is 1.91 bits per heavy atom. The van der Waals surface area contributed by atoms with Gasteiger partial charge in [-0.05, 0) is 52.6 Å². The van der Waals surface area contributed by atoms with Gasteiger partial charge in [0.2, 0.25) is 5.88 Å². The third-order valence-electron chi connectivity index (χ3n) is 5.40. The fraction of sp³-hybridized carbons (Fsp3) is 0.458. The maximum absolute atomic E-state index is 14.0. The molecule has 6 nitrogen and oxygen atoms in total. The summed E-state index contributed by atoms with van der Waals surface area (Å²) in [5.74, 6) is -2.54. The molecule has 2 aromatic rings. The molecule has 2 heterocycles. The van der Waals surface area contributed by atoms with Crippen LogP contribution < -0.4 is 4.74 Å². The van der Waals surface area contributed by atoms with Crippen molar-refractivity contribution in [2.24, 2.45) is 10.9 Å². The number of carbonyl (C=O) groups excluding carboxylic acids is 1. The van der Waals surface area contributed by atoms with Crippen molar-refractivity contribution in [1.29, 1.82) is 0 Å². The number of likely N-dealkylation sites (N-methyl/N-ethyl adjacent to an activating group) is 1. The Morgan fingerprint density at radius 3 is 2.55 bits per heavy atom. The fourth-order valence-corrected chi connectivity index (χ4v) is 4.24. The van der Waals surface area contributed by atoms with Crippen LogP contribution in [-0.4, -0.2) is 54.9 Å². The van der Waals surface area contributed by atoms with Crippen LogP contribution in [0, 0.1) is 5.92 Å². The van der Waals surface area contributed by atoms with E-state index in [1.807, 2.05) is 25.9 Å². The molecule has 1 aromatic heterocycles. The topological polar surface area (TPSA) is 64.0 Å². The van der Waals surface area contributed by atoms with E-state index >= 15 is 0 Å². The van der Waals surface area contributed by atoms with E-state index in [0.29, 0.717) is 23.5 Å². The van der Waals surface area contributed by atoms with Crippen LogP contribution in [0.15, 0.2) is 41.5 Å². The van der Waals surface area contributed by atoms with Crippen molar-refractivity contribution >= 4 is 17.4 Å². The molecule has 0 saturated carbocycles. The molecule has 0 N–H and O–H groups in total. The highest BCUT2D eigenvalue weighted by Crippen LogP contribution is 2.49. The molecule has 33 heavy (non-hydrogen) atoms. The van der Waals surface area contributed by atoms with Crippen LogP contribution in [0.3, 0.4) is 0 Å². The number of hydrogen-bond donors (Lipinski definition) is 0. The minimum atomic E-state index is -4.61. The lowest BCUT2D eigenvalue weighted by molar-refractivity contribution is -0.147. The van der Waals surface area contributed by atoms with E-state index in [0.717, 1.165) is 6.07 Å². The number of hydrogen-bond acceptors (Lipinski definition) is 6. The smallest absolute Gasteiger partial charge is 0.416 e. The number of rotatable bonds is 7. The predicted octanol–water partition coefficient (Wildman–Crippen LogP) is 4.85. The summed E-state index contributed by atoms with van der Waals surface area (Å²) in [4.78, 5) is 23.8. The van der Waals surface area contributed by atoms with Gasteiger partial charge in [0.05, 0.1) is 17.9 Å². The third kappa shape index (κ3) is 5.35. The molecule has 178 valence electrons. The number of fused-ring (bicyclic) bond motifs is 1. The fourth-order valence-electron chi connectivity index (χ4n) is 4.24. The molecule has 0 radical (unpaired) electrons. The number of esters is 1. The lowest BCUT2D eigenvalue weighted by Gasteiger charge is -2.33. The van der Waals surface area contributed by atoms with Gasteiger partial charge in [-0.1, -0.05) is 18.2 Å². The van der Waals surface area contributed by atoms with Crippen LogP contribution in [0.25, 0.3) is 0 Å². The number of pyridine rings is 1. The number of nitrogens with zero attached hydrogens (tertiary/aromatic N) is 3. The molecular formula is C24H28F3N3O3. The van der Waals surface area contributed by atoms with Gasteiger partial charge in [-0.3, -0.25) is 9.79 Å². The second kappa shape index (κ2) is 9.91. The second-order valence-electron chi connectivity index (χ2n) is 8.29. The lowest BCUT2D eigenvalue weighted by atomic mass is 9.74. The van der Waals surface area contributed by atoms with Gasteiger partial charge in [-0.25, -0.2) is 4.98 Å². The van der Waals surface area contributed by atoms with E-state index in [2.05, 4.69) is 9.98 Å². The summed E-state index contributed by atoms with van der Waals surface area (Å²) < 4.78 is 53.3. The number of alkyl halides is 3. The Hall–Kier alpha value is -2.94. The summed E-state index contributed by atoms with van der Waals surface area (Å²) in [5.41, 5.74) is 0.291. The number of carbonyl (C=O) groups is 1. The maximum Gasteiger partial charge on any atom is 0.416 e. The summed E-state index contributed by atoms with van der Waals surface area (Å²) in [5, 5.41) is 0. The predicted molar refractivity (Wildman–Crippen MR) is 119 cm³/mol.